The van der Waals surface area contributed by atoms with Crippen LogP contribution in [-0.4, -0.2) is 11.6 Å². The first-order chi connectivity index (χ1) is 12.1. The molecule has 0 N–H and O–H groups in total. The van der Waals surface area contributed by atoms with Crippen molar-refractivity contribution in [3.63, 3.8) is 0 Å². The molecule has 0 aromatic carbocycles. The Kier molecular flexibility index (Phi) is 4.99. The summed E-state index contributed by atoms with van der Waals surface area (Å²) in [6.07, 6.45) is 17.3. The highest BCUT2D eigenvalue weighted by atomic mass is 16.6. The van der Waals surface area contributed by atoms with E-state index < -0.39 is 0 Å². The number of carbonyl (C=O) groups excluding carboxylic acids is 1. The van der Waals surface area contributed by atoms with Gasteiger partial charge >= 0.3 is 5.97 Å². The number of hydrogen-bond acceptors (Lipinski definition) is 2. The van der Waals surface area contributed by atoms with Gasteiger partial charge in [-0.1, -0.05) is 51.5 Å². The summed E-state index contributed by atoms with van der Waals surface area (Å²) in [4.78, 5) is 12.7. The first-order valence-electron chi connectivity index (χ1n) is 11.0. The molecule has 0 spiro atoms. The summed E-state index contributed by atoms with van der Waals surface area (Å²) >= 11 is 0. The van der Waals surface area contributed by atoms with Crippen molar-refractivity contribution in [1.29, 1.82) is 0 Å². The predicted octanol–water partition coefficient (Wildman–Crippen LogP) is 6.05. The molecule has 5 unspecified atom stereocenters. The molecule has 4 aliphatic rings. The third-order valence-electron chi connectivity index (χ3n) is 8.18. The molecule has 4 fully saturated rings. The lowest BCUT2D eigenvalue weighted by Gasteiger charge is -2.53. The highest BCUT2D eigenvalue weighted by Gasteiger charge is 2.58. The van der Waals surface area contributed by atoms with Crippen LogP contribution in [0.25, 0.3) is 0 Å². The average molecular weight is 345 g/mol. The molecule has 0 aromatic heterocycles. The summed E-state index contributed by atoms with van der Waals surface area (Å²) in [5.74, 6) is 3.61. The Morgan fingerprint density at radius 3 is 2.28 bits per heavy atom. The number of hydrogen-bond donors (Lipinski definition) is 0. The van der Waals surface area contributed by atoms with E-state index in [0.29, 0.717) is 17.4 Å². The van der Waals surface area contributed by atoms with Gasteiger partial charge in [0.15, 0.2) is 0 Å². The molecular weight excluding hydrogens is 308 g/mol. The summed E-state index contributed by atoms with van der Waals surface area (Å²) in [7, 11) is 0. The van der Waals surface area contributed by atoms with Crippen LogP contribution in [0.3, 0.4) is 0 Å². The third kappa shape index (κ3) is 3.19. The van der Waals surface area contributed by atoms with Crippen LogP contribution in [0.4, 0.5) is 0 Å². The zero-order valence-corrected chi connectivity index (χ0v) is 16.1. The van der Waals surface area contributed by atoms with Crippen molar-refractivity contribution in [3.8, 4) is 0 Å². The molecule has 2 nitrogen and oxygen atoms in total. The first kappa shape index (κ1) is 17.6. The molecule has 25 heavy (non-hydrogen) atoms. The SMILES string of the molecule is C=C(C)C(=O)OC1(C2CC3CCC2C3)CCCCC1C1CCCCC1. The molecule has 0 saturated heterocycles. The summed E-state index contributed by atoms with van der Waals surface area (Å²) in [5, 5.41) is 0. The van der Waals surface area contributed by atoms with Crippen molar-refractivity contribution < 1.29 is 9.53 Å². The van der Waals surface area contributed by atoms with Gasteiger partial charge in [0.25, 0.3) is 0 Å². The predicted molar refractivity (Wildman–Crippen MR) is 101 cm³/mol. The number of carbonyl (C=O) groups is 1. The van der Waals surface area contributed by atoms with Gasteiger partial charge in [0, 0.05) is 17.4 Å². The second-order valence-corrected chi connectivity index (χ2v) is 9.66. The van der Waals surface area contributed by atoms with E-state index in [1.807, 2.05) is 6.92 Å². The van der Waals surface area contributed by atoms with Gasteiger partial charge in [0.05, 0.1) is 0 Å². The van der Waals surface area contributed by atoms with E-state index in [9.17, 15) is 4.79 Å². The summed E-state index contributed by atoms with van der Waals surface area (Å²) in [6, 6.07) is 0. The number of ether oxygens (including phenoxy) is 1. The van der Waals surface area contributed by atoms with Crippen LogP contribution in [-0.2, 0) is 9.53 Å². The Morgan fingerprint density at radius 2 is 1.64 bits per heavy atom. The van der Waals surface area contributed by atoms with Crippen molar-refractivity contribution in [1.82, 2.24) is 0 Å². The quantitative estimate of drug-likeness (QED) is 0.458. The van der Waals surface area contributed by atoms with Gasteiger partial charge in [-0.3, -0.25) is 0 Å². The van der Waals surface area contributed by atoms with Crippen molar-refractivity contribution in [2.45, 2.75) is 96.0 Å². The number of esters is 1. The van der Waals surface area contributed by atoms with Crippen LogP contribution >= 0.6 is 0 Å². The first-order valence-corrected chi connectivity index (χ1v) is 11.0. The van der Waals surface area contributed by atoms with Crippen LogP contribution in [0.2, 0.25) is 0 Å². The molecule has 0 aromatic rings. The molecule has 0 aliphatic heterocycles. The molecular formula is C23H36O2. The van der Waals surface area contributed by atoms with Crippen molar-refractivity contribution >= 4 is 5.97 Å². The zero-order valence-electron chi connectivity index (χ0n) is 16.1. The summed E-state index contributed by atoms with van der Waals surface area (Å²) in [6.45, 7) is 5.70. The van der Waals surface area contributed by atoms with Gasteiger partial charge in [-0.25, -0.2) is 4.79 Å². The van der Waals surface area contributed by atoms with Crippen LogP contribution in [0.1, 0.15) is 90.4 Å². The van der Waals surface area contributed by atoms with Crippen molar-refractivity contribution in [2.75, 3.05) is 0 Å². The van der Waals surface area contributed by atoms with E-state index in [0.717, 1.165) is 24.2 Å². The largest absolute Gasteiger partial charge is 0.455 e. The third-order valence-corrected chi connectivity index (χ3v) is 8.18. The monoisotopic (exact) mass is 344 g/mol. The normalized spacial score (nSPS) is 41.6. The Hall–Kier alpha value is -0.790. The molecule has 5 atom stereocenters. The van der Waals surface area contributed by atoms with Crippen LogP contribution in [0, 0.1) is 29.6 Å². The minimum Gasteiger partial charge on any atom is -0.455 e. The second-order valence-electron chi connectivity index (χ2n) is 9.66. The Labute approximate surface area is 153 Å². The summed E-state index contributed by atoms with van der Waals surface area (Å²) < 4.78 is 6.50. The summed E-state index contributed by atoms with van der Waals surface area (Å²) in [5.41, 5.74) is 0.409. The van der Waals surface area contributed by atoms with Gasteiger partial charge in [-0.05, 0) is 63.2 Å². The smallest absolute Gasteiger partial charge is 0.333 e. The van der Waals surface area contributed by atoms with E-state index in [4.69, 9.17) is 4.74 Å². The molecule has 0 radical (unpaired) electrons. The molecule has 0 amide bonds. The maximum Gasteiger partial charge on any atom is 0.333 e. The second kappa shape index (κ2) is 7.08. The van der Waals surface area contributed by atoms with Crippen LogP contribution < -0.4 is 0 Å². The van der Waals surface area contributed by atoms with Gasteiger partial charge in [0.1, 0.15) is 5.60 Å². The van der Waals surface area contributed by atoms with Crippen LogP contribution in [0.5, 0.6) is 0 Å². The van der Waals surface area contributed by atoms with Crippen molar-refractivity contribution in [2.24, 2.45) is 29.6 Å². The molecule has 140 valence electrons. The maximum absolute atomic E-state index is 12.7. The molecule has 4 aliphatic carbocycles. The topological polar surface area (TPSA) is 26.3 Å². The standard InChI is InChI=1S/C23H36O2/c1-16(2)22(24)25-23(21-15-17-11-12-19(21)14-17)13-7-6-10-20(23)18-8-4-3-5-9-18/h17-21H,1,3-15H2,2H3. The lowest BCUT2D eigenvalue weighted by atomic mass is 9.58. The van der Waals surface area contributed by atoms with Gasteiger partial charge < -0.3 is 4.74 Å². The molecule has 0 heterocycles. The lowest BCUT2D eigenvalue weighted by molar-refractivity contribution is -0.189. The minimum absolute atomic E-state index is 0.120. The fourth-order valence-electron chi connectivity index (χ4n) is 7.13. The highest BCUT2D eigenvalue weighted by Crippen LogP contribution is 2.59. The average Bonchev–Trinajstić information content (AvgIpc) is 3.26. The highest BCUT2D eigenvalue weighted by molar-refractivity contribution is 5.87. The lowest BCUT2D eigenvalue weighted by Crippen LogP contribution is -2.55. The van der Waals surface area contributed by atoms with E-state index in [-0.39, 0.29) is 11.6 Å². The minimum atomic E-state index is -0.171. The molecule has 2 bridgehead atoms. The van der Waals surface area contributed by atoms with E-state index >= 15 is 0 Å². The fourth-order valence-corrected chi connectivity index (χ4v) is 7.13. The Bertz CT molecular complexity index is 518. The number of rotatable bonds is 4. The van der Waals surface area contributed by atoms with Gasteiger partial charge in [-0.15, -0.1) is 0 Å². The van der Waals surface area contributed by atoms with Gasteiger partial charge in [0.2, 0.25) is 0 Å². The van der Waals surface area contributed by atoms with Crippen molar-refractivity contribution in [3.05, 3.63) is 12.2 Å². The van der Waals surface area contributed by atoms with E-state index in [2.05, 4.69) is 6.58 Å². The molecule has 4 saturated carbocycles. The Balaban J connectivity index is 1.66. The van der Waals surface area contributed by atoms with Crippen LogP contribution in [0.15, 0.2) is 12.2 Å². The van der Waals surface area contributed by atoms with Gasteiger partial charge in [-0.2, -0.15) is 0 Å². The van der Waals surface area contributed by atoms with E-state index in [1.54, 1.807) is 0 Å². The zero-order chi connectivity index (χ0) is 17.4. The Morgan fingerprint density at radius 1 is 0.880 bits per heavy atom. The molecule has 4 rings (SSSR count). The maximum atomic E-state index is 12.7. The molecule has 2 heteroatoms. The van der Waals surface area contributed by atoms with E-state index in [1.165, 1.54) is 77.0 Å². The number of fused-ring (bicyclic) bond motifs is 2. The fraction of sp³-hybridized carbons (Fsp3) is 0.870.